The third-order valence-electron chi connectivity index (χ3n) is 5.40. The van der Waals surface area contributed by atoms with Gasteiger partial charge in [0.1, 0.15) is 0 Å². The number of nitrogens with zero attached hydrogens (tertiary/aromatic N) is 5. The van der Waals surface area contributed by atoms with Gasteiger partial charge in [0.2, 0.25) is 5.91 Å². The largest absolute Gasteiger partial charge is 0.490 e. The van der Waals surface area contributed by atoms with Crippen molar-refractivity contribution in [2.24, 2.45) is 18.9 Å². The van der Waals surface area contributed by atoms with Gasteiger partial charge in [-0.15, -0.1) is 0 Å². The summed E-state index contributed by atoms with van der Waals surface area (Å²) in [6.07, 6.45) is -0.327. The van der Waals surface area contributed by atoms with E-state index in [1.54, 1.807) is 10.9 Å². The molecular weight excluding hydrogens is 415 g/mol. The van der Waals surface area contributed by atoms with Crippen molar-refractivity contribution in [3.05, 3.63) is 42.0 Å². The number of anilines is 1. The monoisotopic (exact) mass is 439 g/mol. The van der Waals surface area contributed by atoms with Gasteiger partial charge in [0, 0.05) is 45.1 Å². The average Bonchev–Trinajstić information content (AvgIpc) is 3.28. The van der Waals surface area contributed by atoms with Crippen molar-refractivity contribution in [2.45, 2.75) is 26.1 Å². The molecule has 2 aliphatic heterocycles. The van der Waals surface area contributed by atoms with E-state index in [1.165, 1.54) is 0 Å². The van der Waals surface area contributed by atoms with Crippen LogP contribution in [0.25, 0.3) is 0 Å². The Kier molecular flexibility index (Phi) is 6.63. The summed E-state index contributed by atoms with van der Waals surface area (Å²) in [7, 11) is 1.88. The van der Waals surface area contributed by atoms with Gasteiger partial charge in [0.15, 0.2) is 0 Å². The summed E-state index contributed by atoms with van der Waals surface area (Å²) < 4.78 is 33.5. The zero-order valence-corrected chi connectivity index (χ0v) is 17.2. The number of carbonyl (C=O) groups excluding carboxylic acids is 1. The Hall–Kier alpha value is -2.95. The molecule has 168 valence electrons. The van der Waals surface area contributed by atoms with E-state index in [0.717, 1.165) is 49.7 Å². The molecule has 1 N–H and O–H groups in total. The van der Waals surface area contributed by atoms with Crippen LogP contribution in [0, 0.1) is 18.8 Å². The molecular formula is C20H24F3N5O3. The molecule has 4 rings (SSSR count). The van der Waals surface area contributed by atoms with Gasteiger partial charge in [0.25, 0.3) is 0 Å². The molecule has 0 spiro atoms. The highest BCUT2D eigenvalue weighted by molar-refractivity contribution is 5.96. The van der Waals surface area contributed by atoms with E-state index >= 15 is 0 Å². The van der Waals surface area contributed by atoms with Gasteiger partial charge in [-0.3, -0.25) is 19.4 Å². The van der Waals surface area contributed by atoms with Crippen molar-refractivity contribution in [1.82, 2.24) is 19.7 Å². The summed E-state index contributed by atoms with van der Waals surface area (Å²) in [5.74, 6) is -1.94. The molecule has 0 aliphatic carbocycles. The number of carboxylic acid groups (broad SMARTS) is 1. The summed E-state index contributed by atoms with van der Waals surface area (Å²) in [6.45, 7) is 5.46. The second-order valence-corrected chi connectivity index (χ2v) is 7.78. The summed E-state index contributed by atoms with van der Waals surface area (Å²) >= 11 is 0. The van der Waals surface area contributed by atoms with Gasteiger partial charge in [-0.1, -0.05) is 6.07 Å². The van der Waals surface area contributed by atoms with E-state index in [1.807, 2.05) is 31.1 Å². The third-order valence-corrected chi connectivity index (χ3v) is 5.40. The third kappa shape index (κ3) is 5.60. The van der Waals surface area contributed by atoms with E-state index in [2.05, 4.69) is 27.1 Å². The van der Waals surface area contributed by atoms with E-state index < -0.39 is 12.1 Å². The number of carbonyl (C=O) groups is 2. The fraction of sp³-hybridized carbons (Fsp3) is 0.500. The van der Waals surface area contributed by atoms with Crippen LogP contribution in [0.2, 0.25) is 0 Å². The number of hydrogen-bond donors (Lipinski definition) is 1. The SMILES string of the molecule is Cc1cccc(CN2CC3CCN(c4cnn(C)c4)C(=O)C3C2)n1.O=C(O)C(F)(F)F. The summed E-state index contributed by atoms with van der Waals surface area (Å²) in [5.41, 5.74) is 3.05. The number of pyridine rings is 1. The number of hydrogen-bond acceptors (Lipinski definition) is 5. The minimum absolute atomic E-state index is 0.101. The number of alkyl halides is 3. The standard InChI is InChI=1S/C18H23N5O.C2HF3O2/c1-13-4-3-5-15(20-13)10-22-9-14-6-7-23(18(24)17(14)12-22)16-8-19-21(2)11-16;3-2(4,5)1(6)7/h3-5,8,11,14,17H,6-7,9-10,12H2,1-2H3;(H,6,7). The Bertz CT molecular complexity index is 946. The van der Waals surface area contributed by atoms with Crippen molar-refractivity contribution >= 4 is 17.6 Å². The molecule has 11 heteroatoms. The first-order chi connectivity index (χ1) is 14.5. The predicted molar refractivity (Wildman–Crippen MR) is 105 cm³/mol. The quantitative estimate of drug-likeness (QED) is 0.789. The number of halogens is 3. The molecule has 0 bridgehead atoms. The molecule has 0 radical (unpaired) electrons. The van der Waals surface area contributed by atoms with Gasteiger partial charge in [-0.05, 0) is 31.4 Å². The highest BCUT2D eigenvalue weighted by Gasteiger charge is 2.43. The first-order valence-electron chi connectivity index (χ1n) is 9.79. The number of likely N-dealkylation sites (tertiary alicyclic amines) is 1. The van der Waals surface area contributed by atoms with E-state index in [-0.39, 0.29) is 11.8 Å². The number of aryl methyl sites for hydroxylation is 2. The minimum Gasteiger partial charge on any atom is -0.475 e. The predicted octanol–water partition coefficient (Wildman–Crippen LogP) is 2.24. The van der Waals surface area contributed by atoms with Gasteiger partial charge in [-0.2, -0.15) is 18.3 Å². The lowest BCUT2D eigenvalue weighted by molar-refractivity contribution is -0.192. The lowest BCUT2D eigenvalue weighted by atomic mass is 9.88. The minimum atomic E-state index is -5.08. The molecule has 0 saturated carbocycles. The molecule has 2 saturated heterocycles. The van der Waals surface area contributed by atoms with Crippen molar-refractivity contribution < 1.29 is 27.9 Å². The van der Waals surface area contributed by atoms with Crippen molar-refractivity contribution in [3.63, 3.8) is 0 Å². The maximum Gasteiger partial charge on any atom is 0.490 e. The molecule has 31 heavy (non-hydrogen) atoms. The first kappa shape index (κ1) is 22.7. The summed E-state index contributed by atoms with van der Waals surface area (Å²) in [6, 6.07) is 6.14. The Balaban J connectivity index is 0.000000339. The first-order valence-corrected chi connectivity index (χ1v) is 9.79. The van der Waals surface area contributed by atoms with Crippen LogP contribution >= 0.6 is 0 Å². The van der Waals surface area contributed by atoms with Crippen molar-refractivity contribution in [2.75, 3.05) is 24.5 Å². The van der Waals surface area contributed by atoms with E-state index in [0.29, 0.717) is 5.92 Å². The average molecular weight is 439 g/mol. The second kappa shape index (κ2) is 9.04. The molecule has 2 atom stereocenters. The topological polar surface area (TPSA) is 91.6 Å². The molecule has 2 unspecified atom stereocenters. The molecule has 2 fully saturated rings. The fourth-order valence-corrected chi connectivity index (χ4v) is 3.99. The van der Waals surface area contributed by atoms with E-state index in [9.17, 15) is 18.0 Å². The van der Waals surface area contributed by atoms with Crippen LogP contribution < -0.4 is 4.90 Å². The van der Waals surface area contributed by atoms with Gasteiger partial charge < -0.3 is 10.0 Å². The highest BCUT2D eigenvalue weighted by Crippen LogP contribution is 2.34. The van der Waals surface area contributed by atoms with Crippen LogP contribution in [0.1, 0.15) is 17.8 Å². The number of piperidine rings is 1. The molecule has 2 aliphatic rings. The zero-order chi connectivity index (χ0) is 22.8. The Morgan fingerprint density at radius 1 is 1.29 bits per heavy atom. The van der Waals surface area contributed by atoms with Crippen LogP contribution in [0.15, 0.2) is 30.6 Å². The number of fused-ring (bicyclic) bond motifs is 1. The lowest BCUT2D eigenvalue weighted by Crippen LogP contribution is -2.45. The maximum absolute atomic E-state index is 12.9. The van der Waals surface area contributed by atoms with E-state index in [4.69, 9.17) is 9.90 Å². The number of rotatable bonds is 3. The number of aliphatic carboxylic acids is 1. The Labute approximate surface area is 177 Å². The second-order valence-electron chi connectivity index (χ2n) is 7.78. The normalized spacial score (nSPS) is 21.5. The fourth-order valence-electron chi connectivity index (χ4n) is 3.99. The smallest absolute Gasteiger partial charge is 0.475 e. The molecule has 2 aromatic heterocycles. The number of carboxylic acids is 1. The van der Waals surface area contributed by atoms with Gasteiger partial charge in [0.05, 0.1) is 23.5 Å². The van der Waals surface area contributed by atoms with Crippen LogP contribution in [0.5, 0.6) is 0 Å². The number of aromatic nitrogens is 3. The lowest BCUT2D eigenvalue weighted by Gasteiger charge is -2.32. The van der Waals surface area contributed by atoms with Crippen molar-refractivity contribution in [3.8, 4) is 0 Å². The molecule has 2 aromatic rings. The van der Waals surface area contributed by atoms with Crippen molar-refractivity contribution in [1.29, 1.82) is 0 Å². The Morgan fingerprint density at radius 3 is 2.58 bits per heavy atom. The molecule has 4 heterocycles. The van der Waals surface area contributed by atoms with Crippen LogP contribution in [-0.2, 0) is 23.2 Å². The Morgan fingerprint density at radius 2 is 2.00 bits per heavy atom. The van der Waals surface area contributed by atoms with Crippen LogP contribution in [-0.4, -0.2) is 62.5 Å². The van der Waals surface area contributed by atoms with Gasteiger partial charge >= 0.3 is 12.1 Å². The van der Waals surface area contributed by atoms with Gasteiger partial charge in [-0.25, -0.2) is 4.79 Å². The van der Waals surface area contributed by atoms with Crippen LogP contribution in [0.3, 0.4) is 0 Å². The maximum atomic E-state index is 12.9. The molecule has 1 amide bonds. The van der Waals surface area contributed by atoms with Crippen LogP contribution in [0.4, 0.5) is 18.9 Å². The zero-order valence-electron chi connectivity index (χ0n) is 17.2. The number of amides is 1. The molecule has 8 nitrogen and oxygen atoms in total. The molecule has 0 aromatic carbocycles. The highest BCUT2D eigenvalue weighted by atomic mass is 19.4. The summed E-state index contributed by atoms with van der Waals surface area (Å²) in [4.78, 5) is 30.7. The summed E-state index contributed by atoms with van der Waals surface area (Å²) in [5, 5.41) is 11.3.